The average Bonchev–Trinajstić information content (AvgIpc) is 3.08. The van der Waals surface area contributed by atoms with Gasteiger partial charge in [-0.15, -0.1) is 0 Å². The number of urea groups is 1. The van der Waals surface area contributed by atoms with Crippen molar-refractivity contribution in [3.05, 3.63) is 36.9 Å². The summed E-state index contributed by atoms with van der Waals surface area (Å²) >= 11 is 0. The lowest BCUT2D eigenvalue weighted by Crippen LogP contribution is -2.39. The van der Waals surface area contributed by atoms with Crippen LogP contribution in [0.25, 0.3) is 0 Å². The zero-order valence-electron chi connectivity index (χ0n) is 10.9. The molecule has 2 amide bonds. The minimum atomic E-state index is -0.0772. The van der Waals surface area contributed by atoms with Crippen LogP contribution in [0.2, 0.25) is 0 Å². The average molecular weight is 262 g/mol. The highest BCUT2D eigenvalue weighted by molar-refractivity contribution is 5.73. The van der Waals surface area contributed by atoms with E-state index in [1.807, 2.05) is 10.8 Å². The largest absolute Gasteiger partial charge is 0.349 e. The van der Waals surface area contributed by atoms with E-state index in [1.165, 1.54) is 0 Å². The number of rotatable bonds is 6. The number of H-pyrrole nitrogens is 1. The second-order valence-electron chi connectivity index (χ2n) is 4.24. The van der Waals surface area contributed by atoms with E-state index in [0.29, 0.717) is 19.5 Å². The highest BCUT2D eigenvalue weighted by Crippen LogP contribution is 1.92. The summed E-state index contributed by atoms with van der Waals surface area (Å²) in [5, 5.41) is 2.85. The van der Waals surface area contributed by atoms with Crippen molar-refractivity contribution >= 4 is 6.03 Å². The lowest BCUT2D eigenvalue weighted by atomic mass is 10.4. The highest BCUT2D eigenvalue weighted by atomic mass is 16.2. The summed E-state index contributed by atoms with van der Waals surface area (Å²) in [6.07, 6.45) is 9.52. The molecule has 0 spiro atoms. The third kappa shape index (κ3) is 4.13. The summed E-state index contributed by atoms with van der Waals surface area (Å²) in [6, 6.07) is -0.0772. The Kier molecular flexibility index (Phi) is 4.54. The van der Waals surface area contributed by atoms with Gasteiger partial charge in [-0.05, 0) is 0 Å². The van der Waals surface area contributed by atoms with Crippen LogP contribution in [-0.4, -0.2) is 50.6 Å². The van der Waals surface area contributed by atoms with Gasteiger partial charge in [0, 0.05) is 57.9 Å². The Balaban J connectivity index is 1.64. The molecule has 102 valence electrons. The molecule has 2 rings (SSSR count). The van der Waals surface area contributed by atoms with Gasteiger partial charge < -0.3 is 19.8 Å². The van der Waals surface area contributed by atoms with Gasteiger partial charge >= 0.3 is 6.03 Å². The van der Waals surface area contributed by atoms with Gasteiger partial charge in [-0.1, -0.05) is 0 Å². The Bertz CT molecular complexity index is 478. The van der Waals surface area contributed by atoms with Crippen LogP contribution in [0.3, 0.4) is 0 Å². The van der Waals surface area contributed by atoms with Crippen LogP contribution in [-0.2, 0) is 13.0 Å². The molecule has 7 nitrogen and oxygen atoms in total. The van der Waals surface area contributed by atoms with Gasteiger partial charge in [0.1, 0.15) is 5.82 Å². The lowest BCUT2D eigenvalue weighted by molar-refractivity contribution is 0.207. The third-order valence-corrected chi connectivity index (χ3v) is 2.79. The number of carbonyl (C=O) groups excluding carboxylic acids is 1. The normalized spacial score (nSPS) is 10.4. The van der Waals surface area contributed by atoms with Crippen LogP contribution in [0, 0.1) is 0 Å². The van der Waals surface area contributed by atoms with E-state index < -0.39 is 0 Å². The minimum absolute atomic E-state index is 0.0772. The molecule has 7 heteroatoms. The number of nitrogens with zero attached hydrogens (tertiary/aromatic N) is 4. The standard InChI is InChI=1S/C12H18N6O/c1-17(8-9-18-7-6-13-10-18)12(19)16-3-2-11-14-4-5-15-11/h4-7,10H,2-3,8-9H2,1H3,(H,14,15)(H,16,19). The van der Waals surface area contributed by atoms with Gasteiger partial charge in [-0.3, -0.25) is 0 Å². The van der Waals surface area contributed by atoms with E-state index >= 15 is 0 Å². The second-order valence-corrected chi connectivity index (χ2v) is 4.24. The summed E-state index contributed by atoms with van der Waals surface area (Å²) in [4.78, 5) is 24.5. The molecule has 0 aliphatic carbocycles. The smallest absolute Gasteiger partial charge is 0.317 e. The van der Waals surface area contributed by atoms with E-state index in [1.54, 1.807) is 36.9 Å². The number of nitrogens with one attached hydrogen (secondary N) is 2. The first-order valence-corrected chi connectivity index (χ1v) is 6.18. The molecule has 0 aliphatic heterocycles. The predicted octanol–water partition coefficient (Wildman–Crippen LogP) is 0.490. The van der Waals surface area contributed by atoms with Gasteiger partial charge in [-0.2, -0.15) is 0 Å². The Morgan fingerprint density at radius 2 is 2.42 bits per heavy atom. The maximum Gasteiger partial charge on any atom is 0.317 e. The molecule has 0 bridgehead atoms. The SMILES string of the molecule is CN(CCn1ccnc1)C(=O)NCCc1ncc[nH]1. The Morgan fingerprint density at radius 1 is 1.53 bits per heavy atom. The zero-order chi connectivity index (χ0) is 13.5. The van der Waals surface area contributed by atoms with Crippen molar-refractivity contribution in [3.63, 3.8) is 0 Å². The van der Waals surface area contributed by atoms with Crippen molar-refractivity contribution < 1.29 is 4.79 Å². The number of hydrogen-bond donors (Lipinski definition) is 2. The van der Waals surface area contributed by atoms with Crippen LogP contribution in [0.1, 0.15) is 5.82 Å². The first-order valence-electron chi connectivity index (χ1n) is 6.18. The van der Waals surface area contributed by atoms with E-state index in [-0.39, 0.29) is 6.03 Å². The quantitative estimate of drug-likeness (QED) is 0.795. The molecule has 0 saturated heterocycles. The van der Waals surface area contributed by atoms with Gasteiger partial charge in [0.2, 0.25) is 0 Å². The summed E-state index contributed by atoms with van der Waals surface area (Å²) in [5.41, 5.74) is 0. The molecule has 0 unspecified atom stereocenters. The van der Waals surface area contributed by atoms with Crippen LogP contribution in [0.15, 0.2) is 31.1 Å². The molecule has 0 radical (unpaired) electrons. The second kappa shape index (κ2) is 6.58. The van der Waals surface area contributed by atoms with Gasteiger partial charge in [0.05, 0.1) is 6.33 Å². The predicted molar refractivity (Wildman–Crippen MR) is 70.5 cm³/mol. The molecule has 0 saturated carbocycles. The maximum absolute atomic E-state index is 11.8. The Hall–Kier alpha value is -2.31. The lowest BCUT2D eigenvalue weighted by Gasteiger charge is -2.17. The van der Waals surface area contributed by atoms with Gasteiger partial charge in [0.15, 0.2) is 0 Å². The van der Waals surface area contributed by atoms with E-state index in [9.17, 15) is 4.79 Å². The molecule has 0 fully saturated rings. The van der Waals surface area contributed by atoms with Crippen molar-refractivity contribution in [1.82, 2.24) is 29.7 Å². The number of aromatic nitrogens is 4. The number of likely N-dealkylation sites (N-methyl/N-ethyl adjacent to an activating group) is 1. The van der Waals surface area contributed by atoms with Crippen molar-refractivity contribution in [3.8, 4) is 0 Å². The van der Waals surface area contributed by atoms with Crippen LogP contribution >= 0.6 is 0 Å². The monoisotopic (exact) mass is 262 g/mol. The summed E-state index contributed by atoms with van der Waals surface area (Å²) in [7, 11) is 1.78. The molecule has 0 atom stereocenters. The van der Waals surface area contributed by atoms with Gasteiger partial charge in [-0.25, -0.2) is 14.8 Å². The maximum atomic E-state index is 11.8. The molecule has 0 aromatic carbocycles. The zero-order valence-corrected chi connectivity index (χ0v) is 10.9. The summed E-state index contributed by atoms with van der Waals surface area (Å²) < 4.78 is 1.94. The fourth-order valence-electron chi connectivity index (χ4n) is 1.64. The molecule has 2 aromatic rings. The molecule has 2 aromatic heterocycles. The molecule has 0 aliphatic rings. The van der Waals surface area contributed by atoms with Gasteiger partial charge in [0.25, 0.3) is 0 Å². The fraction of sp³-hybridized carbons (Fsp3) is 0.417. The molecule has 19 heavy (non-hydrogen) atoms. The first-order chi connectivity index (χ1) is 9.25. The number of carbonyl (C=O) groups is 1. The highest BCUT2D eigenvalue weighted by Gasteiger charge is 2.07. The van der Waals surface area contributed by atoms with Crippen LogP contribution in [0.4, 0.5) is 4.79 Å². The molecule has 2 heterocycles. The van der Waals surface area contributed by atoms with E-state index in [0.717, 1.165) is 12.4 Å². The number of imidazole rings is 2. The number of amides is 2. The molecular weight excluding hydrogens is 244 g/mol. The topological polar surface area (TPSA) is 78.8 Å². The van der Waals surface area contributed by atoms with E-state index in [2.05, 4.69) is 20.3 Å². The Morgan fingerprint density at radius 3 is 3.11 bits per heavy atom. The van der Waals surface area contributed by atoms with Crippen molar-refractivity contribution in [2.24, 2.45) is 0 Å². The van der Waals surface area contributed by atoms with Crippen LogP contribution in [0.5, 0.6) is 0 Å². The van der Waals surface area contributed by atoms with E-state index in [4.69, 9.17) is 0 Å². The summed E-state index contributed by atoms with van der Waals surface area (Å²) in [6.45, 7) is 1.95. The molecular formula is C12H18N6O. The van der Waals surface area contributed by atoms with Crippen LogP contribution < -0.4 is 5.32 Å². The minimum Gasteiger partial charge on any atom is -0.349 e. The van der Waals surface area contributed by atoms with Crippen molar-refractivity contribution in [1.29, 1.82) is 0 Å². The fourth-order valence-corrected chi connectivity index (χ4v) is 1.64. The first kappa shape index (κ1) is 13.1. The number of aromatic amines is 1. The Labute approximate surface area is 111 Å². The van der Waals surface area contributed by atoms with Crippen molar-refractivity contribution in [2.45, 2.75) is 13.0 Å². The number of hydrogen-bond acceptors (Lipinski definition) is 3. The summed E-state index contributed by atoms with van der Waals surface area (Å²) in [5.74, 6) is 0.876. The van der Waals surface area contributed by atoms with Crippen molar-refractivity contribution in [2.75, 3.05) is 20.1 Å². The molecule has 2 N–H and O–H groups in total. The third-order valence-electron chi connectivity index (χ3n) is 2.79.